The van der Waals surface area contributed by atoms with Gasteiger partial charge in [0, 0.05) is 0 Å². The molecule has 30 heavy (non-hydrogen) atoms. The van der Waals surface area contributed by atoms with E-state index in [0.717, 1.165) is 5.01 Å². The molecule has 3 rings (SSSR count). The maximum absolute atomic E-state index is 13.1. The van der Waals surface area contributed by atoms with E-state index >= 15 is 0 Å². The number of methoxy groups -OCH3 is 1. The number of hydrogen-bond acceptors (Lipinski definition) is 6. The van der Waals surface area contributed by atoms with E-state index in [1.54, 1.807) is 30.3 Å². The van der Waals surface area contributed by atoms with Crippen molar-refractivity contribution in [3.05, 3.63) is 59.7 Å². The molecule has 9 heteroatoms. The van der Waals surface area contributed by atoms with Crippen molar-refractivity contribution in [1.29, 1.82) is 0 Å². The van der Waals surface area contributed by atoms with Crippen molar-refractivity contribution in [3.63, 3.8) is 0 Å². The molecule has 9 nitrogen and oxygen atoms in total. The van der Waals surface area contributed by atoms with Crippen molar-refractivity contribution in [1.82, 2.24) is 10.3 Å². The molecule has 1 aliphatic heterocycles. The first-order valence-electron chi connectivity index (χ1n) is 9.26. The van der Waals surface area contributed by atoms with E-state index in [0.29, 0.717) is 29.0 Å². The summed E-state index contributed by atoms with van der Waals surface area (Å²) in [6.45, 7) is 1.54. The largest absolute Gasteiger partial charge is 0.493 e. The molecule has 0 radical (unpaired) electrons. The maximum atomic E-state index is 13.1. The lowest BCUT2D eigenvalue weighted by atomic mass is 9.87. The Balaban J connectivity index is 1.83. The molecule has 4 amide bonds. The molecule has 0 bridgehead atoms. The van der Waals surface area contributed by atoms with Crippen molar-refractivity contribution in [2.45, 2.75) is 18.9 Å². The van der Waals surface area contributed by atoms with Gasteiger partial charge in [0.1, 0.15) is 5.54 Å². The predicted octanol–water partition coefficient (Wildman–Crippen LogP) is 1.75. The molecule has 1 aliphatic rings. The number of carbonyl (C=O) groups is 3. The Morgan fingerprint density at radius 1 is 1.20 bits per heavy atom. The minimum atomic E-state index is -1.15. The van der Waals surface area contributed by atoms with Crippen LogP contribution in [0.5, 0.6) is 11.5 Å². The first kappa shape index (κ1) is 20.8. The Hall–Kier alpha value is -3.88. The standard InChI is InChI=1S/C21H22N4O5/c1-3-21(15-7-5-4-6-8-15)19(27)25(20(28)24-21)23-12-14-9-10-16(17(11-14)29-2)30-13-18(22)26/h4-12H,3,13H2,1-2H3,(H2,22,26)(H,24,28)/b23-12-/t21-/m1/s1. The number of benzene rings is 2. The number of amides is 4. The topological polar surface area (TPSA) is 123 Å². The second kappa shape index (κ2) is 8.64. The van der Waals surface area contributed by atoms with Crippen LogP contribution in [0, 0.1) is 0 Å². The van der Waals surface area contributed by atoms with Crippen LogP contribution in [0.4, 0.5) is 4.79 Å². The summed E-state index contributed by atoms with van der Waals surface area (Å²) in [4.78, 5) is 36.4. The summed E-state index contributed by atoms with van der Waals surface area (Å²) in [7, 11) is 1.44. The van der Waals surface area contributed by atoms with Gasteiger partial charge in [-0.15, -0.1) is 5.01 Å². The average molecular weight is 410 g/mol. The molecule has 2 aromatic carbocycles. The SMILES string of the molecule is CC[C@]1(c2ccccc2)NC(=O)N(/N=C\c2ccc(OCC(N)=O)c(OC)c2)C1=O. The van der Waals surface area contributed by atoms with Crippen molar-refractivity contribution < 1.29 is 23.9 Å². The quantitative estimate of drug-likeness (QED) is 0.507. The molecule has 1 fully saturated rings. The smallest absolute Gasteiger partial charge is 0.346 e. The molecule has 1 atom stereocenters. The van der Waals surface area contributed by atoms with Gasteiger partial charge < -0.3 is 20.5 Å². The molecule has 0 spiro atoms. The summed E-state index contributed by atoms with van der Waals surface area (Å²) >= 11 is 0. The van der Waals surface area contributed by atoms with Crippen molar-refractivity contribution in [2.24, 2.45) is 10.8 Å². The van der Waals surface area contributed by atoms with Gasteiger partial charge in [-0.2, -0.15) is 5.10 Å². The normalized spacial score (nSPS) is 18.5. The zero-order valence-electron chi connectivity index (χ0n) is 16.6. The fourth-order valence-corrected chi connectivity index (χ4v) is 3.19. The van der Waals surface area contributed by atoms with Gasteiger partial charge in [-0.1, -0.05) is 37.3 Å². The number of imide groups is 1. The summed E-state index contributed by atoms with van der Waals surface area (Å²) in [5.74, 6) is -0.382. The summed E-state index contributed by atoms with van der Waals surface area (Å²) < 4.78 is 10.5. The summed E-state index contributed by atoms with van der Waals surface area (Å²) in [6.07, 6.45) is 1.75. The lowest BCUT2D eigenvalue weighted by Crippen LogP contribution is -2.43. The number of hydrogen-bond donors (Lipinski definition) is 2. The number of nitrogens with one attached hydrogen (secondary N) is 1. The first-order chi connectivity index (χ1) is 14.4. The van der Waals surface area contributed by atoms with Crippen LogP contribution in [-0.2, 0) is 15.1 Å². The number of carbonyl (C=O) groups excluding carboxylic acids is 3. The van der Waals surface area contributed by atoms with Gasteiger partial charge >= 0.3 is 6.03 Å². The van der Waals surface area contributed by atoms with Gasteiger partial charge in [-0.3, -0.25) is 9.59 Å². The molecule has 0 unspecified atom stereocenters. The van der Waals surface area contributed by atoms with Gasteiger partial charge in [0.05, 0.1) is 13.3 Å². The third kappa shape index (κ3) is 3.95. The van der Waals surface area contributed by atoms with E-state index < -0.39 is 23.4 Å². The Bertz CT molecular complexity index is 992. The van der Waals surface area contributed by atoms with Crippen LogP contribution in [-0.4, -0.2) is 42.8 Å². The van der Waals surface area contributed by atoms with Gasteiger partial charge in [0.15, 0.2) is 18.1 Å². The van der Waals surface area contributed by atoms with Crippen molar-refractivity contribution >= 4 is 24.1 Å². The van der Waals surface area contributed by atoms with Crippen LogP contribution in [0.15, 0.2) is 53.6 Å². The molecule has 3 N–H and O–H groups in total. The second-order valence-corrected chi connectivity index (χ2v) is 6.58. The van der Waals surface area contributed by atoms with Gasteiger partial charge in [0.2, 0.25) is 0 Å². The zero-order valence-corrected chi connectivity index (χ0v) is 16.6. The van der Waals surface area contributed by atoms with E-state index in [4.69, 9.17) is 15.2 Å². The zero-order chi connectivity index (χ0) is 21.7. The molecule has 1 heterocycles. The highest BCUT2D eigenvalue weighted by Crippen LogP contribution is 2.32. The molecule has 0 saturated carbocycles. The summed E-state index contributed by atoms with van der Waals surface area (Å²) in [5, 5.41) is 7.66. The van der Waals surface area contributed by atoms with Crippen LogP contribution in [0.2, 0.25) is 0 Å². The van der Waals surface area contributed by atoms with Crippen LogP contribution >= 0.6 is 0 Å². The fraction of sp³-hybridized carbons (Fsp3) is 0.238. The van der Waals surface area contributed by atoms with Crippen LogP contribution in [0.25, 0.3) is 0 Å². The first-order valence-corrected chi connectivity index (χ1v) is 9.26. The van der Waals surface area contributed by atoms with Crippen LogP contribution in [0.3, 0.4) is 0 Å². The van der Waals surface area contributed by atoms with Gasteiger partial charge in [-0.25, -0.2) is 4.79 Å². The second-order valence-electron chi connectivity index (χ2n) is 6.58. The van der Waals surface area contributed by atoms with E-state index in [1.807, 2.05) is 25.1 Å². The Labute approximate surface area is 173 Å². The van der Waals surface area contributed by atoms with E-state index in [-0.39, 0.29) is 6.61 Å². The monoisotopic (exact) mass is 410 g/mol. The number of ether oxygens (including phenoxy) is 2. The minimum Gasteiger partial charge on any atom is -0.493 e. The fourth-order valence-electron chi connectivity index (χ4n) is 3.19. The molecule has 156 valence electrons. The third-order valence-electron chi connectivity index (χ3n) is 4.75. The van der Waals surface area contributed by atoms with Crippen molar-refractivity contribution in [3.8, 4) is 11.5 Å². The minimum absolute atomic E-state index is 0.287. The molecular weight excluding hydrogens is 388 g/mol. The highest BCUT2D eigenvalue weighted by molar-refractivity contribution is 6.07. The van der Waals surface area contributed by atoms with Crippen LogP contribution in [0.1, 0.15) is 24.5 Å². The number of primary amides is 1. The highest BCUT2D eigenvalue weighted by atomic mass is 16.5. The number of nitrogens with two attached hydrogens (primary N) is 1. The van der Waals surface area contributed by atoms with Gasteiger partial charge in [-0.05, 0) is 35.7 Å². The predicted molar refractivity (Wildman–Crippen MR) is 109 cm³/mol. The summed E-state index contributed by atoms with van der Waals surface area (Å²) in [5.41, 5.74) is 5.18. The number of rotatable bonds is 8. The molecule has 0 aromatic heterocycles. The average Bonchev–Trinajstić information content (AvgIpc) is 3.01. The molecule has 2 aromatic rings. The Kier molecular flexibility index (Phi) is 6.01. The molecule has 0 aliphatic carbocycles. The maximum Gasteiger partial charge on any atom is 0.346 e. The van der Waals surface area contributed by atoms with Gasteiger partial charge in [0.25, 0.3) is 11.8 Å². The van der Waals surface area contributed by atoms with E-state index in [9.17, 15) is 14.4 Å². The summed E-state index contributed by atoms with van der Waals surface area (Å²) in [6, 6.07) is 13.3. The Morgan fingerprint density at radius 2 is 1.93 bits per heavy atom. The van der Waals surface area contributed by atoms with Crippen LogP contribution < -0.4 is 20.5 Å². The molecular formula is C21H22N4O5. The number of hydrazone groups is 1. The lowest BCUT2D eigenvalue weighted by Gasteiger charge is -2.24. The number of nitrogens with zero attached hydrogens (tertiary/aromatic N) is 2. The van der Waals surface area contributed by atoms with E-state index in [2.05, 4.69) is 10.4 Å². The number of urea groups is 1. The highest BCUT2D eigenvalue weighted by Gasteiger charge is 2.51. The molecule has 1 saturated heterocycles. The lowest BCUT2D eigenvalue weighted by molar-refractivity contribution is -0.131. The Morgan fingerprint density at radius 3 is 2.57 bits per heavy atom. The third-order valence-corrected chi connectivity index (χ3v) is 4.75. The van der Waals surface area contributed by atoms with E-state index in [1.165, 1.54) is 13.3 Å². The van der Waals surface area contributed by atoms with Crippen molar-refractivity contribution in [2.75, 3.05) is 13.7 Å².